The fourth-order valence-electron chi connectivity index (χ4n) is 0.975. The highest BCUT2D eigenvalue weighted by molar-refractivity contribution is 5.13. The largest absolute Gasteiger partial charge is 0.395 e. The molecule has 4 heteroatoms. The third kappa shape index (κ3) is 1.49. The predicted molar refractivity (Wildman–Crippen MR) is 46.7 cm³/mol. The number of imidazole rings is 1. The molecule has 68 valence electrons. The fraction of sp³-hybridized carbons (Fsp3) is 0.625. The third-order valence-electron chi connectivity index (χ3n) is 2.12. The van der Waals surface area contributed by atoms with Crippen molar-refractivity contribution in [2.24, 2.45) is 12.8 Å². The molecule has 0 aliphatic heterocycles. The summed E-state index contributed by atoms with van der Waals surface area (Å²) < 4.78 is 1.85. The molecular weight excluding hydrogens is 154 g/mol. The molecule has 1 heterocycles. The van der Waals surface area contributed by atoms with Crippen LogP contribution in [-0.4, -0.2) is 27.8 Å². The maximum Gasteiger partial charge on any atom is 0.0947 e. The second-order valence-electron chi connectivity index (χ2n) is 3.35. The minimum atomic E-state index is -0.402. The minimum absolute atomic E-state index is 0.0283. The van der Waals surface area contributed by atoms with Crippen molar-refractivity contribution in [3.8, 4) is 0 Å². The number of aliphatic hydroxyl groups excluding tert-OH is 1. The van der Waals surface area contributed by atoms with Crippen molar-refractivity contribution in [2.75, 3.05) is 13.2 Å². The van der Waals surface area contributed by atoms with Crippen LogP contribution in [0.1, 0.15) is 12.6 Å². The zero-order valence-corrected chi connectivity index (χ0v) is 7.49. The molecule has 12 heavy (non-hydrogen) atoms. The molecule has 0 saturated heterocycles. The van der Waals surface area contributed by atoms with Crippen molar-refractivity contribution in [1.29, 1.82) is 0 Å². The first-order valence-corrected chi connectivity index (χ1v) is 3.92. The first-order valence-electron chi connectivity index (χ1n) is 3.92. The van der Waals surface area contributed by atoms with Crippen molar-refractivity contribution in [1.82, 2.24) is 9.55 Å². The van der Waals surface area contributed by atoms with E-state index < -0.39 is 5.41 Å². The van der Waals surface area contributed by atoms with Crippen molar-refractivity contribution in [2.45, 2.75) is 12.3 Å². The molecule has 0 saturated carbocycles. The van der Waals surface area contributed by atoms with Gasteiger partial charge in [0.2, 0.25) is 0 Å². The van der Waals surface area contributed by atoms with Gasteiger partial charge in [-0.2, -0.15) is 0 Å². The van der Waals surface area contributed by atoms with Crippen LogP contribution in [0.4, 0.5) is 0 Å². The van der Waals surface area contributed by atoms with Gasteiger partial charge in [0.25, 0.3) is 0 Å². The maximum absolute atomic E-state index is 9.12. The molecule has 1 aromatic rings. The number of hydrogen-bond acceptors (Lipinski definition) is 3. The lowest BCUT2D eigenvalue weighted by Gasteiger charge is -2.22. The molecule has 0 radical (unpaired) electrons. The van der Waals surface area contributed by atoms with Crippen LogP contribution < -0.4 is 5.73 Å². The monoisotopic (exact) mass is 169 g/mol. The number of nitrogens with two attached hydrogens (primary N) is 1. The standard InChI is InChI=1S/C8H15N3O/c1-8(4-9,5-12)7-3-11(2)6-10-7/h3,6,12H,4-5,9H2,1-2H3. The molecule has 4 nitrogen and oxygen atoms in total. The molecule has 0 fully saturated rings. The van der Waals surface area contributed by atoms with Gasteiger partial charge in [-0.25, -0.2) is 4.98 Å². The molecule has 1 atom stereocenters. The quantitative estimate of drug-likeness (QED) is 0.649. The van der Waals surface area contributed by atoms with Crippen LogP contribution >= 0.6 is 0 Å². The Labute approximate surface area is 72.0 Å². The highest BCUT2D eigenvalue weighted by Gasteiger charge is 2.26. The molecule has 1 unspecified atom stereocenters. The van der Waals surface area contributed by atoms with E-state index in [1.54, 1.807) is 6.33 Å². The van der Waals surface area contributed by atoms with Gasteiger partial charge in [-0.15, -0.1) is 0 Å². The van der Waals surface area contributed by atoms with E-state index in [-0.39, 0.29) is 6.61 Å². The molecule has 1 aromatic heterocycles. The van der Waals surface area contributed by atoms with Gasteiger partial charge in [0.1, 0.15) is 0 Å². The van der Waals surface area contributed by atoms with Crippen molar-refractivity contribution in [3.05, 3.63) is 18.2 Å². The average molecular weight is 169 g/mol. The molecule has 0 spiro atoms. The van der Waals surface area contributed by atoms with Crippen LogP contribution in [0.2, 0.25) is 0 Å². The Balaban J connectivity index is 2.94. The topological polar surface area (TPSA) is 64.1 Å². The zero-order chi connectivity index (χ0) is 9.19. The Morgan fingerprint density at radius 1 is 1.75 bits per heavy atom. The summed E-state index contributed by atoms with van der Waals surface area (Å²) >= 11 is 0. The van der Waals surface area contributed by atoms with Crippen molar-refractivity contribution in [3.63, 3.8) is 0 Å². The van der Waals surface area contributed by atoms with E-state index >= 15 is 0 Å². The Kier molecular flexibility index (Phi) is 2.49. The van der Waals surface area contributed by atoms with Gasteiger partial charge in [0, 0.05) is 25.2 Å². The summed E-state index contributed by atoms with van der Waals surface area (Å²) in [5.74, 6) is 0. The van der Waals surface area contributed by atoms with E-state index in [0.29, 0.717) is 6.54 Å². The average Bonchev–Trinajstić information content (AvgIpc) is 2.51. The Morgan fingerprint density at radius 2 is 2.42 bits per heavy atom. The lowest BCUT2D eigenvalue weighted by Crippen LogP contribution is -2.35. The summed E-state index contributed by atoms with van der Waals surface area (Å²) in [6.07, 6.45) is 3.59. The van der Waals surface area contributed by atoms with Crippen LogP contribution in [0.15, 0.2) is 12.5 Å². The van der Waals surface area contributed by atoms with Gasteiger partial charge in [0.15, 0.2) is 0 Å². The number of hydrogen-bond donors (Lipinski definition) is 2. The number of nitrogens with zero attached hydrogens (tertiary/aromatic N) is 2. The smallest absolute Gasteiger partial charge is 0.0947 e. The lowest BCUT2D eigenvalue weighted by atomic mass is 9.88. The van der Waals surface area contributed by atoms with Crippen LogP contribution in [0.25, 0.3) is 0 Å². The second-order valence-corrected chi connectivity index (χ2v) is 3.35. The molecule has 0 aliphatic rings. The molecule has 0 aliphatic carbocycles. The van der Waals surface area contributed by atoms with E-state index in [4.69, 9.17) is 10.8 Å². The summed E-state index contributed by atoms with van der Waals surface area (Å²) in [4.78, 5) is 4.15. The minimum Gasteiger partial charge on any atom is -0.395 e. The third-order valence-corrected chi connectivity index (χ3v) is 2.12. The van der Waals surface area contributed by atoms with Gasteiger partial charge in [-0.3, -0.25) is 0 Å². The van der Waals surface area contributed by atoms with E-state index in [2.05, 4.69) is 4.98 Å². The molecule has 0 bridgehead atoms. The zero-order valence-electron chi connectivity index (χ0n) is 7.49. The first kappa shape index (κ1) is 9.22. The fourth-order valence-corrected chi connectivity index (χ4v) is 0.975. The number of aryl methyl sites for hydroxylation is 1. The van der Waals surface area contributed by atoms with E-state index in [1.807, 2.05) is 24.7 Å². The highest BCUT2D eigenvalue weighted by Crippen LogP contribution is 2.18. The number of aromatic nitrogens is 2. The van der Waals surface area contributed by atoms with Gasteiger partial charge in [-0.05, 0) is 0 Å². The summed E-state index contributed by atoms with van der Waals surface area (Å²) in [6.45, 7) is 2.33. The molecular formula is C8H15N3O. The first-order chi connectivity index (χ1) is 5.62. The van der Waals surface area contributed by atoms with Gasteiger partial charge in [0.05, 0.1) is 18.6 Å². The molecule has 1 rings (SSSR count). The Morgan fingerprint density at radius 3 is 2.75 bits per heavy atom. The van der Waals surface area contributed by atoms with E-state index in [9.17, 15) is 0 Å². The van der Waals surface area contributed by atoms with Gasteiger partial charge >= 0.3 is 0 Å². The van der Waals surface area contributed by atoms with Crippen LogP contribution in [0.3, 0.4) is 0 Å². The molecule has 0 amide bonds. The van der Waals surface area contributed by atoms with E-state index in [0.717, 1.165) is 5.69 Å². The normalized spacial score (nSPS) is 16.0. The number of aliphatic hydroxyl groups is 1. The Bertz CT molecular complexity index is 253. The number of rotatable bonds is 3. The SMILES string of the molecule is Cn1cnc(C(C)(CN)CO)c1. The maximum atomic E-state index is 9.12. The molecule has 3 N–H and O–H groups in total. The lowest BCUT2D eigenvalue weighted by molar-refractivity contribution is 0.207. The van der Waals surface area contributed by atoms with Gasteiger partial charge in [-0.1, -0.05) is 6.92 Å². The second kappa shape index (κ2) is 3.25. The van der Waals surface area contributed by atoms with Crippen LogP contribution in [0.5, 0.6) is 0 Å². The van der Waals surface area contributed by atoms with Crippen molar-refractivity contribution >= 4 is 0 Å². The summed E-state index contributed by atoms with van der Waals surface area (Å²) in [5, 5.41) is 9.12. The van der Waals surface area contributed by atoms with Crippen LogP contribution in [0, 0.1) is 0 Å². The Hall–Kier alpha value is -0.870. The summed E-state index contributed by atoms with van der Waals surface area (Å²) in [5.41, 5.74) is 5.99. The van der Waals surface area contributed by atoms with Crippen LogP contribution in [-0.2, 0) is 12.5 Å². The highest BCUT2D eigenvalue weighted by atomic mass is 16.3. The summed E-state index contributed by atoms with van der Waals surface area (Å²) in [7, 11) is 1.89. The predicted octanol–water partition coefficient (Wildman–Crippen LogP) is -0.371. The summed E-state index contributed by atoms with van der Waals surface area (Å²) in [6, 6.07) is 0. The molecule has 0 aromatic carbocycles. The van der Waals surface area contributed by atoms with Gasteiger partial charge < -0.3 is 15.4 Å². The van der Waals surface area contributed by atoms with E-state index in [1.165, 1.54) is 0 Å². The van der Waals surface area contributed by atoms with Crippen molar-refractivity contribution < 1.29 is 5.11 Å².